The Hall–Kier alpha value is -2.02. The number of nitrogens with zero attached hydrogens (tertiary/aromatic N) is 2. The van der Waals surface area contributed by atoms with E-state index in [4.69, 9.17) is 10.00 Å². The van der Waals surface area contributed by atoms with Crippen molar-refractivity contribution in [2.45, 2.75) is 6.92 Å². The topological polar surface area (TPSA) is 53.3 Å². The van der Waals surface area contributed by atoms with Gasteiger partial charge in [0.15, 0.2) is 0 Å². The second-order valence-electron chi connectivity index (χ2n) is 3.95. The third kappa shape index (κ3) is 3.49. The minimum absolute atomic E-state index is 0.106. The summed E-state index contributed by atoms with van der Waals surface area (Å²) in [6.07, 6.45) is 0. The second kappa shape index (κ2) is 5.90. The van der Waals surface area contributed by atoms with Crippen molar-refractivity contribution in [3.63, 3.8) is 0 Å². The van der Waals surface area contributed by atoms with Crippen molar-refractivity contribution < 1.29 is 9.53 Å². The fourth-order valence-electron chi connectivity index (χ4n) is 1.51. The predicted octanol–water partition coefficient (Wildman–Crippen LogP) is 1.93. The average Bonchev–Trinajstić information content (AvgIpc) is 2.37. The SMILES string of the molecule is COc1cccc(C(=O)N(C)CC(C)C#N)c1. The zero-order valence-electron chi connectivity index (χ0n) is 10.3. The van der Waals surface area contributed by atoms with Gasteiger partial charge in [0.25, 0.3) is 5.91 Å². The molecule has 1 aromatic rings. The number of hydrogen-bond acceptors (Lipinski definition) is 3. The third-order valence-electron chi connectivity index (χ3n) is 2.43. The van der Waals surface area contributed by atoms with Crippen molar-refractivity contribution in [1.29, 1.82) is 5.26 Å². The highest BCUT2D eigenvalue weighted by molar-refractivity contribution is 5.94. The largest absolute Gasteiger partial charge is 0.497 e. The Bertz CT molecular complexity index is 437. The van der Waals surface area contributed by atoms with Gasteiger partial charge in [0.05, 0.1) is 19.1 Å². The molecule has 4 nitrogen and oxygen atoms in total. The maximum atomic E-state index is 12.0. The van der Waals surface area contributed by atoms with Crippen LogP contribution in [0.25, 0.3) is 0 Å². The quantitative estimate of drug-likeness (QED) is 0.797. The lowest BCUT2D eigenvalue weighted by atomic mass is 10.1. The number of rotatable bonds is 4. The van der Waals surface area contributed by atoms with Crippen LogP contribution in [0.5, 0.6) is 5.75 Å². The molecular formula is C13H16N2O2. The van der Waals surface area contributed by atoms with Gasteiger partial charge in [0.2, 0.25) is 0 Å². The molecule has 0 saturated heterocycles. The lowest BCUT2D eigenvalue weighted by molar-refractivity contribution is 0.0784. The van der Waals surface area contributed by atoms with Crippen molar-refractivity contribution in [3.05, 3.63) is 29.8 Å². The Morgan fingerprint density at radius 3 is 2.88 bits per heavy atom. The van der Waals surface area contributed by atoms with Gasteiger partial charge in [-0.3, -0.25) is 4.79 Å². The van der Waals surface area contributed by atoms with Crippen LogP contribution in [0.4, 0.5) is 0 Å². The van der Waals surface area contributed by atoms with Crippen LogP contribution in [0.2, 0.25) is 0 Å². The van der Waals surface area contributed by atoms with Crippen LogP contribution in [-0.4, -0.2) is 31.5 Å². The Labute approximate surface area is 101 Å². The van der Waals surface area contributed by atoms with E-state index in [9.17, 15) is 4.79 Å². The molecule has 1 aromatic carbocycles. The van der Waals surface area contributed by atoms with Gasteiger partial charge in [0, 0.05) is 19.2 Å². The molecule has 0 fully saturated rings. The highest BCUT2D eigenvalue weighted by atomic mass is 16.5. The number of hydrogen-bond donors (Lipinski definition) is 0. The van der Waals surface area contributed by atoms with Crippen molar-refractivity contribution in [2.24, 2.45) is 5.92 Å². The summed E-state index contributed by atoms with van der Waals surface area (Å²) in [4.78, 5) is 13.6. The van der Waals surface area contributed by atoms with Gasteiger partial charge in [-0.05, 0) is 25.1 Å². The van der Waals surface area contributed by atoms with Crippen molar-refractivity contribution in [2.75, 3.05) is 20.7 Å². The molecule has 0 aliphatic heterocycles. The molecule has 0 aromatic heterocycles. The molecule has 0 heterocycles. The van der Waals surface area contributed by atoms with Gasteiger partial charge >= 0.3 is 0 Å². The molecule has 17 heavy (non-hydrogen) atoms. The van der Waals surface area contributed by atoms with Crippen LogP contribution in [0.3, 0.4) is 0 Å². The fraction of sp³-hybridized carbons (Fsp3) is 0.385. The van der Waals surface area contributed by atoms with E-state index in [1.807, 2.05) is 0 Å². The Kier molecular flexibility index (Phi) is 4.53. The lowest BCUT2D eigenvalue weighted by Gasteiger charge is -2.18. The Balaban J connectivity index is 2.78. The van der Waals surface area contributed by atoms with Crippen molar-refractivity contribution in [1.82, 2.24) is 4.90 Å². The minimum atomic E-state index is -0.172. The van der Waals surface area contributed by atoms with Crippen LogP contribution in [0, 0.1) is 17.2 Å². The number of carbonyl (C=O) groups is 1. The molecule has 0 saturated carbocycles. The lowest BCUT2D eigenvalue weighted by Crippen LogP contribution is -2.30. The maximum Gasteiger partial charge on any atom is 0.253 e. The zero-order valence-corrected chi connectivity index (χ0v) is 10.3. The molecule has 0 aliphatic rings. The second-order valence-corrected chi connectivity index (χ2v) is 3.95. The monoisotopic (exact) mass is 232 g/mol. The van der Waals surface area contributed by atoms with E-state index in [0.717, 1.165) is 0 Å². The van der Waals surface area contributed by atoms with Gasteiger partial charge in [-0.15, -0.1) is 0 Å². The first kappa shape index (κ1) is 13.0. The molecule has 0 N–H and O–H groups in total. The smallest absolute Gasteiger partial charge is 0.253 e. The van der Waals surface area contributed by atoms with Crippen LogP contribution in [0.15, 0.2) is 24.3 Å². The molecule has 0 aliphatic carbocycles. The molecule has 4 heteroatoms. The number of ether oxygens (including phenoxy) is 1. The fourth-order valence-corrected chi connectivity index (χ4v) is 1.51. The highest BCUT2D eigenvalue weighted by Gasteiger charge is 2.14. The van der Waals surface area contributed by atoms with E-state index < -0.39 is 0 Å². The Morgan fingerprint density at radius 1 is 1.59 bits per heavy atom. The number of nitriles is 1. The van der Waals surface area contributed by atoms with E-state index >= 15 is 0 Å². The molecule has 90 valence electrons. The normalized spacial score (nSPS) is 11.4. The summed E-state index contributed by atoms with van der Waals surface area (Å²) in [6, 6.07) is 9.09. The number of amides is 1. The molecule has 0 radical (unpaired) electrons. The van der Waals surface area contributed by atoms with Gasteiger partial charge in [-0.2, -0.15) is 5.26 Å². The maximum absolute atomic E-state index is 12.0. The predicted molar refractivity (Wildman–Crippen MR) is 64.7 cm³/mol. The summed E-state index contributed by atoms with van der Waals surface area (Å²) in [5.74, 6) is 0.373. The van der Waals surface area contributed by atoms with Gasteiger partial charge in [0.1, 0.15) is 5.75 Å². The summed E-state index contributed by atoms with van der Waals surface area (Å²) in [6.45, 7) is 2.21. The van der Waals surface area contributed by atoms with E-state index in [1.165, 1.54) is 0 Å². The molecule has 1 atom stereocenters. The number of methoxy groups -OCH3 is 1. The molecule has 0 bridgehead atoms. The summed E-state index contributed by atoms with van der Waals surface area (Å²) in [5.41, 5.74) is 0.567. The van der Waals surface area contributed by atoms with Gasteiger partial charge < -0.3 is 9.64 Å². The molecule has 1 amide bonds. The molecule has 0 spiro atoms. The standard InChI is InChI=1S/C13H16N2O2/c1-10(8-14)9-15(2)13(16)11-5-4-6-12(7-11)17-3/h4-7,10H,9H2,1-3H3. The summed E-state index contributed by atoms with van der Waals surface area (Å²) in [7, 11) is 3.25. The van der Waals surface area contributed by atoms with Crippen LogP contribution in [-0.2, 0) is 0 Å². The Morgan fingerprint density at radius 2 is 2.29 bits per heavy atom. The van der Waals surface area contributed by atoms with Crippen molar-refractivity contribution >= 4 is 5.91 Å². The molecular weight excluding hydrogens is 216 g/mol. The summed E-state index contributed by atoms with van der Waals surface area (Å²) < 4.78 is 5.06. The van der Waals surface area contributed by atoms with Gasteiger partial charge in [-0.1, -0.05) is 6.07 Å². The first-order valence-corrected chi connectivity index (χ1v) is 5.37. The van der Waals surface area contributed by atoms with Crippen LogP contribution < -0.4 is 4.74 Å². The third-order valence-corrected chi connectivity index (χ3v) is 2.43. The molecule has 1 rings (SSSR count). The first-order chi connectivity index (χ1) is 8.08. The van der Waals surface area contributed by atoms with E-state index in [-0.39, 0.29) is 11.8 Å². The van der Waals surface area contributed by atoms with Crippen LogP contribution in [0.1, 0.15) is 17.3 Å². The zero-order chi connectivity index (χ0) is 12.8. The summed E-state index contributed by atoms with van der Waals surface area (Å²) in [5, 5.41) is 8.71. The highest BCUT2D eigenvalue weighted by Crippen LogP contribution is 2.14. The first-order valence-electron chi connectivity index (χ1n) is 5.37. The van der Waals surface area contributed by atoms with E-state index in [0.29, 0.717) is 17.9 Å². The minimum Gasteiger partial charge on any atom is -0.497 e. The van der Waals surface area contributed by atoms with E-state index in [1.54, 1.807) is 50.2 Å². The number of benzene rings is 1. The van der Waals surface area contributed by atoms with Crippen molar-refractivity contribution in [3.8, 4) is 11.8 Å². The number of carbonyl (C=O) groups excluding carboxylic acids is 1. The van der Waals surface area contributed by atoms with Gasteiger partial charge in [-0.25, -0.2) is 0 Å². The summed E-state index contributed by atoms with van der Waals surface area (Å²) >= 11 is 0. The molecule has 1 unspecified atom stereocenters. The average molecular weight is 232 g/mol. The van der Waals surface area contributed by atoms with E-state index in [2.05, 4.69) is 6.07 Å². The van der Waals surface area contributed by atoms with Crippen LogP contribution >= 0.6 is 0 Å².